The average molecular weight is 406 g/mol. The van der Waals surface area contributed by atoms with Crippen LogP contribution in [0.15, 0.2) is 53.3 Å². The van der Waals surface area contributed by atoms with Crippen molar-refractivity contribution in [3.63, 3.8) is 0 Å². The monoisotopic (exact) mass is 406 g/mol. The third-order valence-electron chi connectivity index (χ3n) is 4.87. The third kappa shape index (κ3) is 2.91. The molecule has 9 heteroatoms. The lowest BCUT2D eigenvalue weighted by Gasteiger charge is -2.27. The fourth-order valence-corrected chi connectivity index (χ4v) is 3.49. The first-order valence-electron chi connectivity index (χ1n) is 9.19. The van der Waals surface area contributed by atoms with E-state index in [1.165, 1.54) is 6.07 Å². The van der Waals surface area contributed by atoms with E-state index >= 15 is 0 Å². The van der Waals surface area contributed by atoms with Gasteiger partial charge in [0.2, 0.25) is 0 Å². The summed E-state index contributed by atoms with van der Waals surface area (Å²) in [7, 11) is 0. The molecule has 0 fully saturated rings. The van der Waals surface area contributed by atoms with Crippen LogP contribution in [0.3, 0.4) is 0 Å². The van der Waals surface area contributed by atoms with Crippen LogP contribution in [-0.4, -0.2) is 28.9 Å². The van der Waals surface area contributed by atoms with E-state index in [2.05, 4.69) is 15.0 Å². The minimum atomic E-state index is -0.798. The molecule has 0 saturated heterocycles. The van der Waals surface area contributed by atoms with Crippen LogP contribution in [0.1, 0.15) is 5.56 Å². The van der Waals surface area contributed by atoms with Crippen molar-refractivity contribution >= 4 is 29.1 Å². The number of halogens is 2. The molecule has 0 atom stereocenters. The van der Waals surface area contributed by atoms with Crippen molar-refractivity contribution in [3.05, 3.63) is 65.6 Å². The Hall–Kier alpha value is -4.01. The molecular weight excluding hydrogens is 390 g/mol. The summed E-state index contributed by atoms with van der Waals surface area (Å²) in [6, 6.07) is 8.37. The summed E-state index contributed by atoms with van der Waals surface area (Å²) in [5, 5.41) is 0. The fourth-order valence-electron chi connectivity index (χ4n) is 3.49. The third-order valence-corrected chi connectivity index (χ3v) is 4.87. The van der Waals surface area contributed by atoms with Crippen LogP contribution < -0.4 is 21.1 Å². The Kier molecular flexibility index (Phi) is 4.09. The summed E-state index contributed by atoms with van der Waals surface area (Å²) in [5.41, 5.74) is 14.4. The van der Waals surface area contributed by atoms with Gasteiger partial charge in [-0.3, -0.25) is 4.99 Å². The van der Waals surface area contributed by atoms with E-state index in [-0.39, 0.29) is 5.75 Å². The highest BCUT2D eigenvalue weighted by molar-refractivity contribution is 6.15. The Bertz CT molecular complexity index is 1220. The summed E-state index contributed by atoms with van der Waals surface area (Å²) < 4.78 is 33.0. The number of nitrogens with zero attached hydrogens (tertiary/aromatic N) is 4. The molecule has 3 aromatic rings. The van der Waals surface area contributed by atoms with Gasteiger partial charge in [0.05, 0.1) is 12.1 Å². The number of benzene rings is 2. The largest absolute Gasteiger partial charge is 0.450 e. The minimum Gasteiger partial charge on any atom is -0.450 e. The number of fused-ring (bicyclic) bond motifs is 3. The van der Waals surface area contributed by atoms with E-state index in [0.717, 1.165) is 12.1 Å². The van der Waals surface area contributed by atoms with Crippen molar-refractivity contribution in [3.8, 4) is 17.1 Å². The van der Waals surface area contributed by atoms with Gasteiger partial charge >= 0.3 is 0 Å². The molecule has 0 saturated carbocycles. The molecule has 1 aromatic heterocycles. The van der Waals surface area contributed by atoms with Crippen LogP contribution in [0, 0.1) is 11.6 Å². The molecule has 4 N–H and O–H groups in total. The van der Waals surface area contributed by atoms with Crippen LogP contribution in [0.2, 0.25) is 0 Å². The first-order valence-corrected chi connectivity index (χ1v) is 9.19. The molecule has 150 valence electrons. The van der Waals surface area contributed by atoms with Crippen molar-refractivity contribution in [2.75, 3.05) is 29.5 Å². The number of rotatable bonds is 3. The average Bonchev–Trinajstić information content (AvgIpc) is 3.21. The molecule has 2 aromatic carbocycles. The van der Waals surface area contributed by atoms with Crippen LogP contribution >= 0.6 is 0 Å². The summed E-state index contributed by atoms with van der Waals surface area (Å²) in [6.45, 7) is 1.10. The first-order chi connectivity index (χ1) is 14.5. The number of aromatic nitrogens is 2. The van der Waals surface area contributed by atoms with Gasteiger partial charge in [0.15, 0.2) is 29.0 Å². The predicted octanol–water partition coefficient (Wildman–Crippen LogP) is 3.24. The number of amidine groups is 1. The quantitative estimate of drug-likeness (QED) is 0.648. The second-order valence-electron chi connectivity index (χ2n) is 6.83. The molecule has 2 aliphatic rings. The number of aliphatic imine (C=N–C) groups is 1. The van der Waals surface area contributed by atoms with Crippen molar-refractivity contribution in [1.82, 2.24) is 9.97 Å². The van der Waals surface area contributed by atoms with Crippen molar-refractivity contribution in [1.29, 1.82) is 0 Å². The van der Waals surface area contributed by atoms with Gasteiger partial charge in [-0.1, -0.05) is 6.07 Å². The van der Waals surface area contributed by atoms with Crippen LogP contribution in [0.4, 0.5) is 26.0 Å². The molecule has 0 aliphatic carbocycles. The highest BCUT2D eigenvalue weighted by atomic mass is 19.1. The highest BCUT2D eigenvalue weighted by Gasteiger charge is 2.32. The van der Waals surface area contributed by atoms with E-state index in [0.29, 0.717) is 58.8 Å². The Balaban J connectivity index is 1.58. The molecule has 0 amide bonds. The second kappa shape index (κ2) is 6.80. The summed E-state index contributed by atoms with van der Waals surface area (Å²) >= 11 is 0. The molecule has 2 aliphatic heterocycles. The molecule has 0 spiro atoms. The number of nitrogens with two attached hydrogens (primary N) is 2. The summed E-state index contributed by atoms with van der Waals surface area (Å²) in [5.74, 6) is 0.314. The topological polar surface area (TPSA) is 103 Å². The number of hydrogen-bond acceptors (Lipinski definition) is 7. The Morgan fingerprint density at radius 2 is 1.87 bits per heavy atom. The van der Waals surface area contributed by atoms with Gasteiger partial charge in [0.25, 0.3) is 0 Å². The zero-order chi connectivity index (χ0) is 20.8. The normalized spacial score (nSPS) is 14.7. The van der Waals surface area contributed by atoms with Gasteiger partial charge in [-0.2, -0.15) is 0 Å². The highest BCUT2D eigenvalue weighted by Crippen LogP contribution is 2.35. The maximum atomic E-state index is 14.1. The second-order valence-corrected chi connectivity index (χ2v) is 6.83. The van der Waals surface area contributed by atoms with E-state index in [9.17, 15) is 8.78 Å². The maximum Gasteiger partial charge on any atom is 0.173 e. The zero-order valence-electron chi connectivity index (χ0n) is 15.6. The standard InChI is InChI=1S/C21H16F2N6O/c22-12-4-5-16(13(23)9-12)30-17-8-11-10-27-19(18-14(24)2-1-3-15(18)25)28-20(11)29-7-6-26-21(17)29/h1-5,8-10H,6-7,24-25H2. The van der Waals surface area contributed by atoms with E-state index in [4.69, 9.17) is 16.2 Å². The number of ether oxygens (including phenoxy) is 1. The Morgan fingerprint density at radius 1 is 1.07 bits per heavy atom. The van der Waals surface area contributed by atoms with Crippen LogP contribution in [0.25, 0.3) is 17.5 Å². The SMILES string of the molecule is Nc1cccc(N)c1-c1ncc2c(n1)N1CCN=C1C(Oc1ccc(F)cc1F)=C2. The molecular formula is C21H16F2N6O. The maximum absolute atomic E-state index is 14.1. The van der Waals surface area contributed by atoms with Gasteiger partial charge in [0.1, 0.15) is 11.6 Å². The van der Waals surface area contributed by atoms with Crippen molar-refractivity contribution < 1.29 is 13.5 Å². The molecule has 0 bridgehead atoms. The van der Waals surface area contributed by atoms with E-state index in [1.807, 2.05) is 4.90 Å². The predicted molar refractivity (Wildman–Crippen MR) is 111 cm³/mol. The lowest BCUT2D eigenvalue weighted by Crippen LogP contribution is -2.34. The summed E-state index contributed by atoms with van der Waals surface area (Å²) in [4.78, 5) is 15.4. The van der Waals surface area contributed by atoms with Gasteiger partial charge in [-0.15, -0.1) is 0 Å². The molecule has 0 unspecified atom stereocenters. The van der Waals surface area contributed by atoms with E-state index in [1.54, 1.807) is 30.5 Å². The number of hydrogen-bond donors (Lipinski definition) is 2. The summed E-state index contributed by atoms with van der Waals surface area (Å²) in [6.07, 6.45) is 3.31. The smallest absolute Gasteiger partial charge is 0.173 e. The van der Waals surface area contributed by atoms with Crippen molar-refractivity contribution in [2.24, 2.45) is 4.99 Å². The minimum absolute atomic E-state index is 0.0944. The fraction of sp³-hybridized carbons (Fsp3) is 0.0952. The number of nitrogen functional groups attached to an aromatic ring is 2. The van der Waals surface area contributed by atoms with Gasteiger partial charge in [0, 0.05) is 35.7 Å². The molecule has 3 heterocycles. The van der Waals surface area contributed by atoms with Gasteiger partial charge in [-0.25, -0.2) is 18.7 Å². The Labute approximate surface area is 170 Å². The number of anilines is 3. The molecule has 5 rings (SSSR count). The van der Waals surface area contributed by atoms with Crippen LogP contribution in [0.5, 0.6) is 5.75 Å². The zero-order valence-corrected chi connectivity index (χ0v) is 15.6. The van der Waals surface area contributed by atoms with Gasteiger partial charge < -0.3 is 21.1 Å². The molecule has 0 radical (unpaired) electrons. The van der Waals surface area contributed by atoms with E-state index < -0.39 is 11.6 Å². The van der Waals surface area contributed by atoms with Crippen molar-refractivity contribution in [2.45, 2.75) is 0 Å². The van der Waals surface area contributed by atoms with Gasteiger partial charge in [-0.05, 0) is 30.3 Å². The lowest BCUT2D eigenvalue weighted by molar-refractivity contribution is 0.418. The van der Waals surface area contributed by atoms with Crippen LogP contribution in [-0.2, 0) is 0 Å². The molecule has 7 nitrogen and oxygen atoms in total. The molecule has 30 heavy (non-hydrogen) atoms. The first kappa shape index (κ1) is 18.0. The Morgan fingerprint density at radius 3 is 2.63 bits per heavy atom. The lowest BCUT2D eigenvalue weighted by atomic mass is 10.1.